The van der Waals surface area contributed by atoms with Crippen LogP contribution in [0.1, 0.15) is 32.6 Å². The van der Waals surface area contributed by atoms with Crippen molar-refractivity contribution in [1.29, 1.82) is 0 Å². The molecule has 0 aromatic heterocycles. The highest BCUT2D eigenvalue weighted by Crippen LogP contribution is 2.12. The second-order valence-electron chi connectivity index (χ2n) is 5.55. The molecule has 0 radical (unpaired) electrons. The second kappa shape index (κ2) is 16.7. The van der Waals surface area contributed by atoms with Gasteiger partial charge in [0, 0.05) is 45.9 Å². The lowest BCUT2D eigenvalue weighted by Gasteiger charge is -2.12. The quantitative estimate of drug-likeness (QED) is 0.209. The summed E-state index contributed by atoms with van der Waals surface area (Å²) in [5.41, 5.74) is 0. The van der Waals surface area contributed by atoms with E-state index in [0.29, 0.717) is 12.5 Å². The topological polar surface area (TPSA) is 64.1 Å². The van der Waals surface area contributed by atoms with Crippen molar-refractivity contribution in [2.75, 3.05) is 59.8 Å². The fourth-order valence-electron chi connectivity index (χ4n) is 2.16. The van der Waals surface area contributed by atoms with Gasteiger partial charge in [-0.25, -0.2) is 0 Å². The van der Waals surface area contributed by atoms with E-state index in [2.05, 4.69) is 22.5 Å². The minimum absolute atomic E-state index is 0. The maximum absolute atomic E-state index is 5.67. The van der Waals surface area contributed by atoms with Gasteiger partial charge in [-0.05, 0) is 19.3 Å². The number of guanidine groups is 1. The minimum Gasteiger partial charge on any atom is -0.381 e. The summed E-state index contributed by atoms with van der Waals surface area (Å²) >= 11 is 0. The smallest absolute Gasteiger partial charge is 0.191 e. The van der Waals surface area contributed by atoms with Gasteiger partial charge in [-0.2, -0.15) is 0 Å². The van der Waals surface area contributed by atoms with Gasteiger partial charge in [0.05, 0.1) is 19.8 Å². The maximum Gasteiger partial charge on any atom is 0.191 e. The third-order valence-electron chi connectivity index (χ3n) is 3.54. The molecule has 1 rings (SSSR count). The molecule has 1 heterocycles. The van der Waals surface area contributed by atoms with Crippen LogP contribution in [0, 0.1) is 5.92 Å². The van der Waals surface area contributed by atoms with Gasteiger partial charge in [0.25, 0.3) is 0 Å². The molecule has 6 nitrogen and oxygen atoms in total. The van der Waals surface area contributed by atoms with Crippen LogP contribution >= 0.6 is 24.0 Å². The van der Waals surface area contributed by atoms with Crippen molar-refractivity contribution in [1.82, 2.24) is 10.6 Å². The van der Waals surface area contributed by atoms with Crippen molar-refractivity contribution in [3.8, 4) is 0 Å². The summed E-state index contributed by atoms with van der Waals surface area (Å²) in [5.74, 6) is 1.42. The molecule has 0 aromatic rings. The van der Waals surface area contributed by atoms with E-state index in [1.807, 2.05) is 0 Å². The number of nitrogens with zero attached hydrogens (tertiary/aromatic N) is 1. The van der Waals surface area contributed by atoms with Crippen LogP contribution in [0.15, 0.2) is 4.99 Å². The van der Waals surface area contributed by atoms with E-state index in [9.17, 15) is 0 Å². The highest BCUT2D eigenvalue weighted by atomic mass is 127. The molecule has 1 aliphatic rings. The summed E-state index contributed by atoms with van der Waals surface area (Å²) in [4.78, 5) is 4.18. The number of rotatable bonds is 12. The molecule has 23 heavy (non-hydrogen) atoms. The summed E-state index contributed by atoms with van der Waals surface area (Å²) in [6.07, 6.45) is 4.41. The van der Waals surface area contributed by atoms with Gasteiger partial charge in [-0.15, -0.1) is 24.0 Å². The Balaban J connectivity index is 0.00000484. The molecule has 138 valence electrons. The van der Waals surface area contributed by atoms with Crippen LogP contribution in [0.3, 0.4) is 0 Å². The third-order valence-corrected chi connectivity index (χ3v) is 3.54. The Hall–Kier alpha value is -0.120. The largest absolute Gasteiger partial charge is 0.381 e. The lowest BCUT2D eigenvalue weighted by Crippen LogP contribution is -2.39. The van der Waals surface area contributed by atoms with E-state index < -0.39 is 0 Å². The molecule has 1 atom stereocenters. The first-order chi connectivity index (χ1) is 10.9. The van der Waals surface area contributed by atoms with Crippen LogP contribution in [0.25, 0.3) is 0 Å². The Bertz CT molecular complexity index is 288. The Kier molecular flexibility index (Phi) is 16.6. The molecule has 2 N–H and O–H groups in total. The van der Waals surface area contributed by atoms with Gasteiger partial charge in [0.1, 0.15) is 0 Å². The predicted octanol–water partition coefficient (Wildman–Crippen LogP) is 2.03. The molecule has 0 bridgehead atoms. The van der Waals surface area contributed by atoms with E-state index in [-0.39, 0.29) is 24.0 Å². The summed E-state index contributed by atoms with van der Waals surface area (Å²) in [6.45, 7) is 8.70. The molecule has 0 saturated carbocycles. The first-order valence-corrected chi connectivity index (χ1v) is 8.54. The maximum atomic E-state index is 5.67. The fourth-order valence-corrected chi connectivity index (χ4v) is 2.16. The highest BCUT2D eigenvalue weighted by molar-refractivity contribution is 14.0. The lowest BCUT2D eigenvalue weighted by atomic mass is 10.1. The summed E-state index contributed by atoms with van der Waals surface area (Å²) in [6, 6.07) is 0. The predicted molar refractivity (Wildman–Crippen MR) is 105 cm³/mol. The summed E-state index contributed by atoms with van der Waals surface area (Å²) in [7, 11) is 1.78. The third kappa shape index (κ3) is 12.9. The molecule has 1 unspecified atom stereocenters. The number of hydrogen-bond acceptors (Lipinski definition) is 4. The molecule has 1 aliphatic heterocycles. The van der Waals surface area contributed by atoms with Crippen molar-refractivity contribution in [2.45, 2.75) is 32.6 Å². The average molecular weight is 443 g/mol. The fraction of sp³-hybridized carbons (Fsp3) is 0.938. The molecule has 0 amide bonds. The van der Waals surface area contributed by atoms with Crippen LogP contribution in [0.4, 0.5) is 0 Å². The lowest BCUT2D eigenvalue weighted by molar-refractivity contribution is 0.0888. The number of aliphatic imine (C=N–C) groups is 1. The van der Waals surface area contributed by atoms with Gasteiger partial charge in [0.2, 0.25) is 0 Å². The molecular weight excluding hydrogens is 409 g/mol. The molecule has 0 aromatic carbocycles. The van der Waals surface area contributed by atoms with Gasteiger partial charge in [-0.3, -0.25) is 4.99 Å². The number of halogens is 1. The minimum atomic E-state index is 0. The molecular formula is C16H34IN3O3. The van der Waals surface area contributed by atoms with E-state index in [1.165, 1.54) is 6.42 Å². The number of unbranched alkanes of at least 4 members (excludes halogenated alkanes) is 1. The molecule has 0 spiro atoms. The zero-order valence-corrected chi connectivity index (χ0v) is 17.0. The van der Waals surface area contributed by atoms with Crippen molar-refractivity contribution in [3.05, 3.63) is 0 Å². The van der Waals surface area contributed by atoms with Crippen molar-refractivity contribution in [3.63, 3.8) is 0 Å². The van der Waals surface area contributed by atoms with Crippen LogP contribution in [0.2, 0.25) is 0 Å². The molecule has 0 aliphatic carbocycles. The SMILES string of the molecule is CCCCOCCNC(=NC)NCCCOCC1CCOC1.I. The summed E-state index contributed by atoms with van der Waals surface area (Å²) in [5, 5.41) is 6.52. The highest BCUT2D eigenvalue weighted by Gasteiger charge is 2.15. The first-order valence-electron chi connectivity index (χ1n) is 8.54. The van der Waals surface area contributed by atoms with E-state index in [0.717, 1.165) is 71.3 Å². The Labute approximate surface area is 158 Å². The van der Waals surface area contributed by atoms with E-state index >= 15 is 0 Å². The number of ether oxygens (including phenoxy) is 3. The van der Waals surface area contributed by atoms with Crippen molar-refractivity contribution >= 4 is 29.9 Å². The van der Waals surface area contributed by atoms with Gasteiger partial charge < -0.3 is 24.8 Å². The van der Waals surface area contributed by atoms with Gasteiger partial charge >= 0.3 is 0 Å². The molecule has 1 fully saturated rings. The van der Waals surface area contributed by atoms with Gasteiger partial charge in [0.15, 0.2) is 5.96 Å². The van der Waals surface area contributed by atoms with Crippen LogP contribution < -0.4 is 10.6 Å². The van der Waals surface area contributed by atoms with Crippen LogP contribution in [0.5, 0.6) is 0 Å². The zero-order chi connectivity index (χ0) is 15.9. The monoisotopic (exact) mass is 443 g/mol. The molecule has 7 heteroatoms. The van der Waals surface area contributed by atoms with E-state index in [1.54, 1.807) is 7.05 Å². The van der Waals surface area contributed by atoms with Crippen molar-refractivity contribution in [2.24, 2.45) is 10.9 Å². The Morgan fingerprint density at radius 2 is 1.91 bits per heavy atom. The first kappa shape index (κ1) is 22.9. The Morgan fingerprint density at radius 3 is 2.61 bits per heavy atom. The van der Waals surface area contributed by atoms with Gasteiger partial charge in [-0.1, -0.05) is 13.3 Å². The normalized spacial score (nSPS) is 17.8. The number of hydrogen-bond donors (Lipinski definition) is 2. The average Bonchev–Trinajstić information content (AvgIpc) is 3.05. The van der Waals surface area contributed by atoms with Crippen LogP contribution in [-0.2, 0) is 14.2 Å². The molecule has 1 saturated heterocycles. The Morgan fingerprint density at radius 1 is 1.13 bits per heavy atom. The second-order valence-corrected chi connectivity index (χ2v) is 5.55. The standard InChI is InChI=1S/C16H33N3O3.HI/c1-3-4-9-20-12-8-19-16(17-2)18-7-5-10-21-13-15-6-11-22-14-15;/h15H,3-14H2,1-2H3,(H2,17,18,19);1H. The number of nitrogens with one attached hydrogen (secondary N) is 2. The van der Waals surface area contributed by atoms with Crippen molar-refractivity contribution < 1.29 is 14.2 Å². The zero-order valence-electron chi connectivity index (χ0n) is 14.6. The van der Waals surface area contributed by atoms with E-state index in [4.69, 9.17) is 14.2 Å². The summed E-state index contributed by atoms with van der Waals surface area (Å²) < 4.78 is 16.5. The van der Waals surface area contributed by atoms with Crippen LogP contribution in [-0.4, -0.2) is 65.7 Å².